The van der Waals surface area contributed by atoms with E-state index in [0.29, 0.717) is 5.39 Å². The predicted octanol–water partition coefficient (Wildman–Crippen LogP) is 3.46. The van der Waals surface area contributed by atoms with E-state index in [2.05, 4.69) is 15.4 Å². The first kappa shape index (κ1) is 19.0. The number of ether oxygens (including phenoxy) is 1. The maximum atomic E-state index is 13.4. The van der Waals surface area contributed by atoms with Crippen LogP contribution in [0, 0.1) is 11.6 Å². The van der Waals surface area contributed by atoms with Crippen molar-refractivity contribution in [2.24, 2.45) is 0 Å². The second kappa shape index (κ2) is 7.87. The minimum Gasteiger partial charge on any atom is -0.459 e. The largest absolute Gasteiger partial charge is 0.459 e. The maximum absolute atomic E-state index is 13.4. The van der Waals surface area contributed by atoms with Crippen LogP contribution in [0.4, 0.5) is 20.2 Å². The number of rotatable bonds is 4. The van der Waals surface area contributed by atoms with Gasteiger partial charge in [-0.05, 0) is 31.2 Å². The summed E-state index contributed by atoms with van der Waals surface area (Å²) < 4.78 is 36.5. The molecule has 0 radical (unpaired) electrons. The van der Waals surface area contributed by atoms with Crippen molar-refractivity contribution in [3.05, 3.63) is 59.9 Å². The molecule has 0 saturated heterocycles. The highest BCUT2D eigenvalue weighted by Gasteiger charge is 2.25. The summed E-state index contributed by atoms with van der Waals surface area (Å²) in [7, 11) is 0. The van der Waals surface area contributed by atoms with Gasteiger partial charge in [0.15, 0.2) is 11.6 Å². The second-order valence-electron chi connectivity index (χ2n) is 5.56. The Morgan fingerprint density at radius 3 is 2.50 bits per heavy atom. The molecule has 2 amide bonds. The van der Waals surface area contributed by atoms with E-state index in [1.54, 1.807) is 31.2 Å². The number of amides is 2. The van der Waals surface area contributed by atoms with Gasteiger partial charge >= 0.3 is 11.9 Å². The van der Waals surface area contributed by atoms with Crippen LogP contribution in [0.1, 0.15) is 17.5 Å². The summed E-state index contributed by atoms with van der Waals surface area (Å²) in [4.78, 5) is 36.2. The number of fused-ring (bicyclic) bond motifs is 1. The molecule has 3 rings (SSSR count). The smallest absolute Gasteiger partial charge is 0.397 e. The first-order valence-corrected chi connectivity index (χ1v) is 8.16. The van der Waals surface area contributed by atoms with Crippen LogP contribution < -0.4 is 10.6 Å². The Hall–Kier alpha value is -3.75. The summed E-state index contributed by atoms with van der Waals surface area (Å²) in [5.41, 5.74) is 0.206. The minimum atomic E-state index is -1.14. The first-order chi connectivity index (χ1) is 13.4. The Morgan fingerprint density at radius 1 is 1.04 bits per heavy atom. The van der Waals surface area contributed by atoms with Crippen molar-refractivity contribution in [3.63, 3.8) is 0 Å². The van der Waals surface area contributed by atoms with Gasteiger partial charge in [0.25, 0.3) is 5.91 Å². The van der Waals surface area contributed by atoms with Crippen LogP contribution in [0.15, 0.2) is 46.9 Å². The molecule has 2 aromatic carbocycles. The summed E-state index contributed by atoms with van der Waals surface area (Å²) >= 11 is 0. The third-order valence-corrected chi connectivity index (χ3v) is 3.68. The average Bonchev–Trinajstić information content (AvgIpc) is 3.03. The monoisotopic (exact) mass is 388 g/mol. The molecule has 0 spiro atoms. The van der Waals surface area contributed by atoms with E-state index in [9.17, 15) is 23.2 Å². The SMILES string of the molecule is CCOC(=O)C(=O)Nc1c(C(=O)Nc2ccc(F)c(F)c2)oc2ccccc12. The van der Waals surface area contributed by atoms with Crippen LogP contribution in [0.5, 0.6) is 0 Å². The Kier molecular flexibility index (Phi) is 5.35. The van der Waals surface area contributed by atoms with Crippen LogP contribution in [-0.4, -0.2) is 24.4 Å². The Labute approximate surface area is 157 Å². The number of halogens is 2. The molecule has 7 nitrogen and oxygen atoms in total. The molecule has 0 aliphatic heterocycles. The molecule has 0 atom stereocenters. The molecule has 1 aromatic heterocycles. The van der Waals surface area contributed by atoms with E-state index in [1.807, 2.05) is 0 Å². The number of carbonyl (C=O) groups excluding carboxylic acids is 3. The second-order valence-corrected chi connectivity index (χ2v) is 5.56. The van der Waals surface area contributed by atoms with E-state index in [0.717, 1.165) is 18.2 Å². The lowest BCUT2D eigenvalue weighted by Gasteiger charge is -2.07. The molecule has 9 heteroatoms. The molecular weight excluding hydrogens is 374 g/mol. The van der Waals surface area contributed by atoms with Gasteiger partial charge in [-0.25, -0.2) is 13.6 Å². The zero-order valence-electron chi connectivity index (χ0n) is 14.5. The highest BCUT2D eigenvalue weighted by molar-refractivity contribution is 6.38. The van der Waals surface area contributed by atoms with Gasteiger partial charge in [-0.1, -0.05) is 12.1 Å². The van der Waals surface area contributed by atoms with Gasteiger partial charge in [0.05, 0.1) is 6.61 Å². The quantitative estimate of drug-likeness (QED) is 0.527. The van der Waals surface area contributed by atoms with Crippen LogP contribution in [0.25, 0.3) is 11.0 Å². The Morgan fingerprint density at radius 2 is 1.79 bits per heavy atom. The molecular formula is C19H14F2N2O5. The van der Waals surface area contributed by atoms with Gasteiger partial charge in [0.1, 0.15) is 11.3 Å². The number of benzene rings is 2. The molecule has 1 heterocycles. The van der Waals surface area contributed by atoms with Crippen molar-refractivity contribution in [3.8, 4) is 0 Å². The summed E-state index contributed by atoms with van der Waals surface area (Å²) in [5, 5.41) is 5.02. The summed E-state index contributed by atoms with van der Waals surface area (Å²) in [6.45, 7) is 1.54. The van der Waals surface area contributed by atoms with E-state index >= 15 is 0 Å². The number of anilines is 2. The number of hydrogen-bond acceptors (Lipinski definition) is 5. The zero-order chi connectivity index (χ0) is 20.3. The van der Waals surface area contributed by atoms with Gasteiger partial charge in [0, 0.05) is 17.1 Å². The van der Waals surface area contributed by atoms with Crippen LogP contribution >= 0.6 is 0 Å². The summed E-state index contributed by atoms with van der Waals surface area (Å²) in [6, 6.07) is 9.25. The van der Waals surface area contributed by atoms with Gasteiger partial charge in [-0.15, -0.1) is 0 Å². The molecule has 3 aromatic rings. The maximum Gasteiger partial charge on any atom is 0.397 e. The molecule has 0 fully saturated rings. The highest BCUT2D eigenvalue weighted by atomic mass is 19.2. The third kappa shape index (κ3) is 3.83. The van der Waals surface area contributed by atoms with Crippen molar-refractivity contribution < 1.29 is 32.3 Å². The number of nitrogens with one attached hydrogen (secondary N) is 2. The van der Waals surface area contributed by atoms with Gasteiger partial charge < -0.3 is 19.8 Å². The number of esters is 1. The van der Waals surface area contributed by atoms with Crippen molar-refractivity contribution in [2.45, 2.75) is 6.92 Å². The first-order valence-electron chi connectivity index (χ1n) is 8.16. The number of carbonyl (C=O) groups is 3. The molecule has 0 aliphatic carbocycles. The molecule has 2 N–H and O–H groups in total. The summed E-state index contributed by atoms with van der Waals surface area (Å²) in [6.07, 6.45) is 0. The molecule has 0 saturated carbocycles. The molecule has 0 aliphatic rings. The number of furan rings is 1. The van der Waals surface area contributed by atoms with Crippen LogP contribution in [-0.2, 0) is 14.3 Å². The van der Waals surface area contributed by atoms with Gasteiger partial charge in [-0.2, -0.15) is 0 Å². The Balaban J connectivity index is 1.95. The molecule has 144 valence electrons. The summed E-state index contributed by atoms with van der Waals surface area (Å²) in [5.74, 6) is -5.57. The van der Waals surface area contributed by atoms with Gasteiger partial charge in [0.2, 0.25) is 5.76 Å². The van der Waals surface area contributed by atoms with Crippen molar-refractivity contribution >= 4 is 40.1 Å². The van der Waals surface area contributed by atoms with Crippen molar-refractivity contribution in [1.29, 1.82) is 0 Å². The average molecular weight is 388 g/mol. The van der Waals surface area contributed by atoms with Gasteiger partial charge in [-0.3, -0.25) is 9.59 Å². The van der Waals surface area contributed by atoms with Crippen LogP contribution in [0.2, 0.25) is 0 Å². The van der Waals surface area contributed by atoms with E-state index in [4.69, 9.17) is 4.42 Å². The lowest BCUT2D eigenvalue weighted by atomic mass is 10.2. The fourth-order valence-electron chi connectivity index (χ4n) is 2.45. The van der Waals surface area contributed by atoms with E-state index in [1.165, 1.54) is 0 Å². The topological polar surface area (TPSA) is 97.6 Å². The fraction of sp³-hybridized carbons (Fsp3) is 0.105. The molecule has 28 heavy (non-hydrogen) atoms. The number of hydrogen-bond donors (Lipinski definition) is 2. The van der Waals surface area contributed by atoms with Crippen molar-refractivity contribution in [1.82, 2.24) is 0 Å². The lowest BCUT2D eigenvalue weighted by Crippen LogP contribution is -2.26. The zero-order valence-corrected chi connectivity index (χ0v) is 14.5. The van der Waals surface area contributed by atoms with E-state index in [-0.39, 0.29) is 29.3 Å². The highest BCUT2D eigenvalue weighted by Crippen LogP contribution is 2.31. The molecule has 0 unspecified atom stereocenters. The van der Waals surface area contributed by atoms with E-state index < -0.39 is 29.4 Å². The lowest BCUT2D eigenvalue weighted by molar-refractivity contribution is -0.152. The molecule has 0 bridgehead atoms. The standard InChI is InChI=1S/C19H14F2N2O5/c1-2-27-19(26)18(25)23-15-11-5-3-4-6-14(11)28-16(15)17(24)22-10-7-8-12(20)13(21)9-10/h3-9H,2H2,1H3,(H,22,24)(H,23,25). The van der Waals surface area contributed by atoms with Crippen LogP contribution in [0.3, 0.4) is 0 Å². The minimum absolute atomic E-state index is 0.00185. The van der Waals surface area contributed by atoms with Crippen molar-refractivity contribution in [2.75, 3.05) is 17.2 Å². The normalized spacial score (nSPS) is 10.5. The third-order valence-electron chi connectivity index (χ3n) is 3.68. The predicted molar refractivity (Wildman–Crippen MR) is 95.8 cm³/mol. The Bertz CT molecular complexity index is 1080. The fourth-order valence-corrected chi connectivity index (χ4v) is 2.45. The number of para-hydroxylation sites is 1.